The van der Waals surface area contributed by atoms with E-state index in [2.05, 4.69) is 22.4 Å². The van der Waals surface area contributed by atoms with Crippen LogP contribution in [0.2, 0.25) is 0 Å². The summed E-state index contributed by atoms with van der Waals surface area (Å²) in [5.74, 6) is 0.0869. The van der Waals surface area contributed by atoms with E-state index in [1.807, 2.05) is 0 Å². The van der Waals surface area contributed by atoms with Crippen LogP contribution in [0.15, 0.2) is 0 Å². The Balaban J connectivity index is 2.18. The minimum absolute atomic E-state index is 0.407. The highest BCUT2D eigenvalue weighted by Gasteiger charge is 2.40. The molecule has 1 aromatic rings. The van der Waals surface area contributed by atoms with Crippen LogP contribution in [0.1, 0.15) is 51.3 Å². The molecule has 0 saturated heterocycles. The minimum Gasteiger partial charge on any atom is -0.481 e. The fraction of sp³-hybridized carbons (Fsp3) is 0.833. The van der Waals surface area contributed by atoms with Gasteiger partial charge in [-0.05, 0) is 29.7 Å². The summed E-state index contributed by atoms with van der Waals surface area (Å²) in [6, 6.07) is 0. The van der Waals surface area contributed by atoms with E-state index in [0.717, 1.165) is 50.8 Å². The molecular formula is C12H20N4O2. The molecule has 0 aromatic carbocycles. The van der Waals surface area contributed by atoms with Gasteiger partial charge in [-0.15, -0.1) is 5.10 Å². The first-order valence-corrected chi connectivity index (χ1v) is 6.66. The third-order valence-corrected chi connectivity index (χ3v) is 3.80. The van der Waals surface area contributed by atoms with Gasteiger partial charge in [-0.2, -0.15) is 0 Å². The fourth-order valence-electron chi connectivity index (χ4n) is 2.70. The number of aliphatic carboxylic acids is 1. The SMILES string of the molecule is CCCc1nnnn1CC1(C(=O)O)CCCCC1. The molecule has 6 heteroatoms. The molecule has 0 radical (unpaired) electrons. The molecular weight excluding hydrogens is 232 g/mol. The lowest BCUT2D eigenvalue weighted by atomic mass is 9.74. The van der Waals surface area contributed by atoms with Crippen molar-refractivity contribution in [2.24, 2.45) is 5.41 Å². The Morgan fingerprint density at radius 1 is 1.39 bits per heavy atom. The standard InChI is InChI=1S/C12H20N4O2/c1-2-6-10-13-14-15-16(10)9-12(11(17)18)7-4-3-5-8-12/h2-9H2,1H3,(H,17,18). The smallest absolute Gasteiger partial charge is 0.311 e. The molecule has 1 N–H and O–H groups in total. The first-order valence-electron chi connectivity index (χ1n) is 6.66. The number of carboxylic acid groups (broad SMARTS) is 1. The Bertz CT molecular complexity index is 410. The lowest BCUT2D eigenvalue weighted by Crippen LogP contribution is -2.38. The van der Waals surface area contributed by atoms with E-state index in [-0.39, 0.29) is 0 Å². The average molecular weight is 252 g/mol. The van der Waals surface area contributed by atoms with Gasteiger partial charge in [0.05, 0.1) is 12.0 Å². The second-order valence-electron chi connectivity index (χ2n) is 5.15. The molecule has 0 bridgehead atoms. The Kier molecular flexibility index (Phi) is 3.93. The van der Waals surface area contributed by atoms with Crippen molar-refractivity contribution in [2.75, 3.05) is 0 Å². The number of carbonyl (C=O) groups is 1. The van der Waals surface area contributed by atoms with Crippen molar-refractivity contribution in [1.29, 1.82) is 0 Å². The molecule has 0 atom stereocenters. The number of nitrogens with zero attached hydrogens (tertiary/aromatic N) is 4. The zero-order chi connectivity index (χ0) is 13.0. The van der Waals surface area contributed by atoms with Crippen LogP contribution in [0, 0.1) is 5.41 Å². The third-order valence-electron chi connectivity index (χ3n) is 3.80. The zero-order valence-corrected chi connectivity index (χ0v) is 10.8. The normalized spacial score (nSPS) is 18.7. The van der Waals surface area contributed by atoms with Gasteiger partial charge in [0.25, 0.3) is 0 Å². The first-order chi connectivity index (χ1) is 8.68. The van der Waals surface area contributed by atoms with E-state index in [0.29, 0.717) is 6.54 Å². The van der Waals surface area contributed by atoms with E-state index in [1.54, 1.807) is 4.68 Å². The van der Waals surface area contributed by atoms with E-state index in [1.165, 1.54) is 0 Å². The predicted octanol–water partition coefficient (Wildman–Crippen LogP) is 1.66. The quantitative estimate of drug-likeness (QED) is 0.862. The van der Waals surface area contributed by atoms with Gasteiger partial charge in [0.15, 0.2) is 5.82 Å². The maximum absolute atomic E-state index is 11.6. The van der Waals surface area contributed by atoms with Gasteiger partial charge in [0.2, 0.25) is 0 Å². The molecule has 1 aliphatic carbocycles. The van der Waals surface area contributed by atoms with Gasteiger partial charge in [-0.25, -0.2) is 4.68 Å². The number of rotatable bonds is 5. The van der Waals surface area contributed by atoms with Crippen molar-refractivity contribution < 1.29 is 9.90 Å². The highest BCUT2D eigenvalue weighted by Crippen LogP contribution is 2.38. The van der Waals surface area contributed by atoms with Gasteiger partial charge in [-0.3, -0.25) is 4.79 Å². The molecule has 0 spiro atoms. The van der Waals surface area contributed by atoms with Crippen LogP contribution in [0.5, 0.6) is 0 Å². The second kappa shape index (κ2) is 5.46. The molecule has 1 aromatic heterocycles. The van der Waals surface area contributed by atoms with Crippen LogP contribution in [0.4, 0.5) is 0 Å². The number of hydrogen-bond acceptors (Lipinski definition) is 4. The molecule has 1 fully saturated rings. The van der Waals surface area contributed by atoms with E-state index in [4.69, 9.17) is 0 Å². The first kappa shape index (κ1) is 13.0. The number of tetrazole rings is 1. The molecule has 1 heterocycles. The molecule has 6 nitrogen and oxygen atoms in total. The van der Waals surface area contributed by atoms with Gasteiger partial charge >= 0.3 is 5.97 Å². The maximum atomic E-state index is 11.6. The number of aryl methyl sites for hydroxylation is 1. The molecule has 18 heavy (non-hydrogen) atoms. The summed E-state index contributed by atoms with van der Waals surface area (Å²) in [6.45, 7) is 2.47. The summed E-state index contributed by atoms with van der Waals surface area (Å²) in [7, 11) is 0. The van der Waals surface area contributed by atoms with Crippen LogP contribution >= 0.6 is 0 Å². The molecule has 1 saturated carbocycles. The van der Waals surface area contributed by atoms with E-state index >= 15 is 0 Å². The topological polar surface area (TPSA) is 80.9 Å². The molecule has 1 aliphatic rings. The molecule has 0 aliphatic heterocycles. The van der Waals surface area contributed by atoms with Gasteiger partial charge in [-0.1, -0.05) is 26.2 Å². The van der Waals surface area contributed by atoms with Crippen molar-refractivity contribution in [3.05, 3.63) is 5.82 Å². The molecule has 100 valence electrons. The third kappa shape index (κ3) is 2.52. The molecule has 0 unspecified atom stereocenters. The van der Waals surface area contributed by atoms with E-state index < -0.39 is 11.4 Å². The van der Waals surface area contributed by atoms with Crippen LogP contribution in [0.3, 0.4) is 0 Å². The lowest BCUT2D eigenvalue weighted by molar-refractivity contribution is -0.152. The lowest BCUT2D eigenvalue weighted by Gasteiger charge is -2.32. The number of hydrogen-bond donors (Lipinski definition) is 1. The zero-order valence-electron chi connectivity index (χ0n) is 10.8. The predicted molar refractivity (Wildman–Crippen MR) is 65.0 cm³/mol. The van der Waals surface area contributed by atoms with Crippen LogP contribution < -0.4 is 0 Å². The van der Waals surface area contributed by atoms with Crippen molar-refractivity contribution in [2.45, 2.75) is 58.4 Å². The number of carboxylic acids is 1. The van der Waals surface area contributed by atoms with Crippen molar-refractivity contribution in [3.63, 3.8) is 0 Å². The summed E-state index contributed by atoms with van der Waals surface area (Å²) < 4.78 is 1.68. The summed E-state index contributed by atoms with van der Waals surface area (Å²) in [5, 5.41) is 21.1. The van der Waals surface area contributed by atoms with Crippen molar-refractivity contribution >= 4 is 5.97 Å². The van der Waals surface area contributed by atoms with Crippen LogP contribution in [0.25, 0.3) is 0 Å². The average Bonchev–Trinajstić information content (AvgIpc) is 2.78. The maximum Gasteiger partial charge on any atom is 0.311 e. The van der Waals surface area contributed by atoms with Gasteiger partial charge < -0.3 is 5.11 Å². The number of aromatic nitrogens is 4. The van der Waals surface area contributed by atoms with Crippen molar-refractivity contribution in [3.8, 4) is 0 Å². The largest absolute Gasteiger partial charge is 0.481 e. The highest BCUT2D eigenvalue weighted by atomic mass is 16.4. The fourth-order valence-corrected chi connectivity index (χ4v) is 2.70. The highest BCUT2D eigenvalue weighted by molar-refractivity contribution is 5.74. The summed E-state index contributed by atoms with van der Waals surface area (Å²) in [4.78, 5) is 11.6. The Morgan fingerprint density at radius 3 is 2.72 bits per heavy atom. The molecule has 0 amide bonds. The van der Waals surface area contributed by atoms with Crippen LogP contribution in [-0.4, -0.2) is 31.3 Å². The Labute approximate surface area is 106 Å². The monoisotopic (exact) mass is 252 g/mol. The van der Waals surface area contributed by atoms with Crippen LogP contribution in [-0.2, 0) is 17.8 Å². The Hall–Kier alpha value is -1.46. The summed E-state index contributed by atoms with van der Waals surface area (Å²) in [5.41, 5.74) is -0.671. The summed E-state index contributed by atoms with van der Waals surface area (Å²) in [6.07, 6.45) is 6.31. The summed E-state index contributed by atoms with van der Waals surface area (Å²) >= 11 is 0. The Morgan fingerprint density at radius 2 is 2.11 bits per heavy atom. The van der Waals surface area contributed by atoms with Gasteiger partial charge in [0, 0.05) is 6.42 Å². The van der Waals surface area contributed by atoms with Gasteiger partial charge in [0.1, 0.15) is 0 Å². The minimum atomic E-state index is -0.708. The second-order valence-corrected chi connectivity index (χ2v) is 5.15. The molecule has 2 rings (SSSR count). The van der Waals surface area contributed by atoms with Crippen molar-refractivity contribution in [1.82, 2.24) is 20.2 Å². The van der Waals surface area contributed by atoms with E-state index in [9.17, 15) is 9.90 Å².